The van der Waals surface area contributed by atoms with Gasteiger partial charge in [-0.15, -0.1) is 0 Å². The van der Waals surface area contributed by atoms with Crippen LogP contribution in [0.3, 0.4) is 0 Å². The molecule has 0 fully saturated rings. The lowest BCUT2D eigenvalue weighted by molar-refractivity contribution is 1.04. The Morgan fingerprint density at radius 2 is 2.07 bits per heavy atom. The molecule has 0 saturated heterocycles. The maximum atomic E-state index is 6.02. The molecule has 0 atom stereocenters. The van der Waals surface area contributed by atoms with Crippen LogP contribution in [0.1, 0.15) is 5.56 Å². The summed E-state index contributed by atoms with van der Waals surface area (Å²) in [6.07, 6.45) is 1.65. The highest BCUT2D eigenvalue weighted by Crippen LogP contribution is 2.22. The number of hydrogen-bond donors (Lipinski definition) is 0. The molecule has 2 aromatic rings. The molecule has 70 valence electrons. The maximum Gasteiger partial charge on any atom is 0.0930 e. The second-order valence-electron chi connectivity index (χ2n) is 3.07. The van der Waals surface area contributed by atoms with Crippen LogP contribution in [0.25, 0.3) is 11.3 Å². The molecule has 0 bridgehead atoms. The standard InChI is InChI=1S/C11H9ClN2/c1-8-4-5-9(7-10(8)12)11-3-2-6-13-14-11/h2-7H,1H3. The highest BCUT2D eigenvalue weighted by molar-refractivity contribution is 6.31. The van der Waals surface area contributed by atoms with E-state index in [1.54, 1.807) is 6.20 Å². The molecular weight excluding hydrogens is 196 g/mol. The normalized spacial score (nSPS) is 10.1. The Bertz CT molecular complexity index is 440. The van der Waals surface area contributed by atoms with E-state index in [4.69, 9.17) is 11.6 Å². The largest absolute Gasteiger partial charge is 0.159 e. The van der Waals surface area contributed by atoms with E-state index in [1.807, 2.05) is 37.3 Å². The first-order chi connectivity index (χ1) is 6.77. The molecule has 0 unspecified atom stereocenters. The summed E-state index contributed by atoms with van der Waals surface area (Å²) in [7, 11) is 0. The van der Waals surface area contributed by atoms with Crippen molar-refractivity contribution in [1.82, 2.24) is 10.2 Å². The van der Waals surface area contributed by atoms with Gasteiger partial charge < -0.3 is 0 Å². The Hall–Kier alpha value is -1.41. The predicted molar refractivity (Wildman–Crippen MR) is 57.2 cm³/mol. The molecule has 0 amide bonds. The SMILES string of the molecule is Cc1ccc(-c2cccnn2)cc1Cl. The number of aryl methyl sites for hydroxylation is 1. The zero-order valence-electron chi connectivity index (χ0n) is 7.74. The molecule has 0 saturated carbocycles. The molecule has 14 heavy (non-hydrogen) atoms. The third-order valence-corrected chi connectivity index (χ3v) is 2.45. The Labute approximate surface area is 87.6 Å². The molecule has 2 rings (SSSR count). The van der Waals surface area contributed by atoms with Gasteiger partial charge in [0, 0.05) is 16.8 Å². The third-order valence-electron chi connectivity index (χ3n) is 2.04. The van der Waals surface area contributed by atoms with Gasteiger partial charge in [0.15, 0.2) is 0 Å². The van der Waals surface area contributed by atoms with E-state index in [0.29, 0.717) is 0 Å². The fourth-order valence-corrected chi connectivity index (χ4v) is 1.39. The average molecular weight is 205 g/mol. The molecule has 0 spiro atoms. The fraction of sp³-hybridized carbons (Fsp3) is 0.0909. The van der Waals surface area contributed by atoms with Gasteiger partial charge in [0.25, 0.3) is 0 Å². The van der Waals surface area contributed by atoms with Gasteiger partial charge in [0.05, 0.1) is 5.69 Å². The molecule has 0 aliphatic carbocycles. The Balaban J connectivity index is 2.48. The lowest BCUT2D eigenvalue weighted by Gasteiger charge is -2.01. The first kappa shape index (κ1) is 9.16. The monoisotopic (exact) mass is 204 g/mol. The number of rotatable bonds is 1. The molecule has 0 aliphatic rings. The summed E-state index contributed by atoms with van der Waals surface area (Å²) < 4.78 is 0. The third kappa shape index (κ3) is 1.75. The van der Waals surface area contributed by atoms with E-state index in [9.17, 15) is 0 Å². The van der Waals surface area contributed by atoms with Gasteiger partial charge >= 0.3 is 0 Å². The van der Waals surface area contributed by atoms with Gasteiger partial charge in [-0.1, -0.05) is 23.7 Å². The van der Waals surface area contributed by atoms with Gasteiger partial charge in [-0.2, -0.15) is 10.2 Å². The summed E-state index contributed by atoms with van der Waals surface area (Å²) in [5.41, 5.74) is 2.91. The van der Waals surface area contributed by atoms with Gasteiger partial charge in [-0.05, 0) is 30.7 Å². The molecule has 1 heterocycles. The van der Waals surface area contributed by atoms with Crippen LogP contribution in [0.2, 0.25) is 5.02 Å². The maximum absolute atomic E-state index is 6.02. The molecule has 2 nitrogen and oxygen atoms in total. The molecule has 1 aromatic carbocycles. The van der Waals surface area contributed by atoms with Crippen molar-refractivity contribution in [3.8, 4) is 11.3 Å². The number of halogens is 1. The van der Waals surface area contributed by atoms with Crippen molar-refractivity contribution in [2.75, 3.05) is 0 Å². The lowest BCUT2D eigenvalue weighted by Crippen LogP contribution is -1.86. The zero-order valence-corrected chi connectivity index (χ0v) is 8.49. The van der Waals surface area contributed by atoms with E-state index < -0.39 is 0 Å². The van der Waals surface area contributed by atoms with Crippen LogP contribution < -0.4 is 0 Å². The molecule has 0 radical (unpaired) electrons. The number of nitrogens with zero attached hydrogens (tertiary/aromatic N) is 2. The van der Waals surface area contributed by atoms with Crippen molar-refractivity contribution in [3.05, 3.63) is 47.1 Å². The number of benzene rings is 1. The molecular formula is C11H9ClN2. The quantitative estimate of drug-likeness (QED) is 0.714. The van der Waals surface area contributed by atoms with E-state index in [1.165, 1.54) is 0 Å². The predicted octanol–water partition coefficient (Wildman–Crippen LogP) is 3.11. The lowest BCUT2D eigenvalue weighted by atomic mass is 10.1. The van der Waals surface area contributed by atoms with Crippen LogP contribution in [0.15, 0.2) is 36.5 Å². The van der Waals surface area contributed by atoms with Crippen molar-refractivity contribution in [3.63, 3.8) is 0 Å². The molecule has 3 heteroatoms. The number of aromatic nitrogens is 2. The van der Waals surface area contributed by atoms with Crippen molar-refractivity contribution in [2.45, 2.75) is 6.92 Å². The van der Waals surface area contributed by atoms with Crippen molar-refractivity contribution < 1.29 is 0 Å². The second kappa shape index (κ2) is 3.76. The van der Waals surface area contributed by atoms with Gasteiger partial charge in [-0.25, -0.2) is 0 Å². The minimum atomic E-state index is 0.758. The Kier molecular flexibility index (Phi) is 2.46. The van der Waals surface area contributed by atoms with E-state index >= 15 is 0 Å². The summed E-state index contributed by atoms with van der Waals surface area (Å²) in [6.45, 7) is 1.97. The smallest absolute Gasteiger partial charge is 0.0930 e. The van der Waals surface area contributed by atoms with Crippen molar-refractivity contribution in [2.24, 2.45) is 0 Å². The average Bonchev–Trinajstić information content (AvgIpc) is 2.23. The minimum absolute atomic E-state index is 0.758. The second-order valence-corrected chi connectivity index (χ2v) is 3.48. The van der Waals surface area contributed by atoms with Crippen LogP contribution in [-0.4, -0.2) is 10.2 Å². The van der Waals surface area contributed by atoms with Crippen LogP contribution in [0.5, 0.6) is 0 Å². The first-order valence-corrected chi connectivity index (χ1v) is 4.69. The van der Waals surface area contributed by atoms with E-state index in [-0.39, 0.29) is 0 Å². The highest BCUT2D eigenvalue weighted by atomic mass is 35.5. The molecule has 0 aliphatic heterocycles. The van der Waals surface area contributed by atoms with E-state index in [2.05, 4.69) is 10.2 Å². The summed E-state index contributed by atoms with van der Waals surface area (Å²) >= 11 is 6.02. The van der Waals surface area contributed by atoms with Crippen LogP contribution in [0, 0.1) is 6.92 Å². The van der Waals surface area contributed by atoms with Gasteiger partial charge in [0.2, 0.25) is 0 Å². The Morgan fingerprint density at radius 3 is 2.71 bits per heavy atom. The molecule has 0 N–H and O–H groups in total. The van der Waals surface area contributed by atoms with Crippen LogP contribution >= 0.6 is 11.6 Å². The van der Waals surface area contributed by atoms with Crippen molar-refractivity contribution >= 4 is 11.6 Å². The van der Waals surface area contributed by atoms with Crippen LogP contribution in [-0.2, 0) is 0 Å². The van der Waals surface area contributed by atoms with Crippen LogP contribution in [0.4, 0.5) is 0 Å². The van der Waals surface area contributed by atoms with Gasteiger partial charge in [-0.3, -0.25) is 0 Å². The Morgan fingerprint density at radius 1 is 1.21 bits per heavy atom. The van der Waals surface area contributed by atoms with E-state index in [0.717, 1.165) is 21.8 Å². The number of hydrogen-bond acceptors (Lipinski definition) is 2. The minimum Gasteiger partial charge on any atom is -0.159 e. The summed E-state index contributed by atoms with van der Waals surface area (Å²) in [5.74, 6) is 0. The highest BCUT2D eigenvalue weighted by Gasteiger charge is 2.01. The van der Waals surface area contributed by atoms with Gasteiger partial charge in [0.1, 0.15) is 0 Å². The molecule has 1 aromatic heterocycles. The summed E-state index contributed by atoms with van der Waals surface area (Å²) in [6, 6.07) is 9.64. The van der Waals surface area contributed by atoms with Crippen molar-refractivity contribution in [1.29, 1.82) is 0 Å². The first-order valence-electron chi connectivity index (χ1n) is 4.31. The summed E-state index contributed by atoms with van der Waals surface area (Å²) in [4.78, 5) is 0. The zero-order chi connectivity index (χ0) is 9.97. The topological polar surface area (TPSA) is 25.8 Å². The fourth-order valence-electron chi connectivity index (χ4n) is 1.21. The summed E-state index contributed by atoms with van der Waals surface area (Å²) in [5, 5.41) is 8.59.